The van der Waals surface area contributed by atoms with Crippen molar-refractivity contribution >= 4 is 11.6 Å². The third-order valence-electron chi connectivity index (χ3n) is 2.25. The summed E-state index contributed by atoms with van der Waals surface area (Å²) < 4.78 is 5.62. The number of rotatable bonds is 4. The lowest BCUT2D eigenvalue weighted by Gasteiger charge is -1.96. The zero-order valence-corrected chi connectivity index (χ0v) is 9.79. The van der Waals surface area contributed by atoms with Gasteiger partial charge in [-0.3, -0.25) is 0 Å². The molecule has 0 aliphatic rings. The van der Waals surface area contributed by atoms with Gasteiger partial charge in [-0.2, -0.15) is 0 Å². The lowest BCUT2D eigenvalue weighted by molar-refractivity contribution is 0.512. The number of nitrogens with one attached hydrogen (secondary N) is 1. The highest BCUT2D eigenvalue weighted by molar-refractivity contribution is 6.30. The zero-order chi connectivity index (χ0) is 11.4. The van der Waals surface area contributed by atoms with Crippen molar-refractivity contribution in [3.05, 3.63) is 41.2 Å². The van der Waals surface area contributed by atoms with Gasteiger partial charge in [0.2, 0.25) is 5.89 Å². The molecule has 1 aromatic heterocycles. The second kappa shape index (κ2) is 5.14. The fraction of sp³-hybridized carbons (Fsp3) is 0.250. The van der Waals surface area contributed by atoms with Crippen molar-refractivity contribution in [2.24, 2.45) is 0 Å². The van der Waals surface area contributed by atoms with Crippen LogP contribution in [0.2, 0.25) is 5.02 Å². The molecular formula is C12H13ClN2O. The summed E-state index contributed by atoms with van der Waals surface area (Å²) in [5, 5.41) is 3.75. The highest BCUT2D eigenvalue weighted by Gasteiger charge is 2.06. The molecule has 0 aliphatic heterocycles. The van der Waals surface area contributed by atoms with E-state index in [-0.39, 0.29) is 0 Å². The van der Waals surface area contributed by atoms with E-state index in [9.17, 15) is 0 Å². The average Bonchev–Trinajstić information content (AvgIpc) is 2.75. The summed E-state index contributed by atoms with van der Waals surface area (Å²) in [7, 11) is 1.91. The molecule has 2 aromatic rings. The lowest BCUT2D eigenvalue weighted by Crippen LogP contribution is -2.09. The largest absolute Gasteiger partial charge is 0.441 e. The molecule has 0 aliphatic carbocycles. The zero-order valence-electron chi connectivity index (χ0n) is 9.03. The normalized spacial score (nSPS) is 10.6. The Kier molecular flexibility index (Phi) is 3.59. The minimum Gasteiger partial charge on any atom is -0.441 e. The summed E-state index contributed by atoms with van der Waals surface area (Å²) in [6.07, 6.45) is 2.59. The quantitative estimate of drug-likeness (QED) is 0.887. The van der Waals surface area contributed by atoms with Crippen LogP contribution < -0.4 is 5.32 Å². The van der Waals surface area contributed by atoms with Crippen LogP contribution in [0.3, 0.4) is 0 Å². The first-order valence-corrected chi connectivity index (χ1v) is 5.52. The first-order chi connectivity index (χ1) is 7.79. The molecule has 3 nitrogen and oxygen atoms in total. The van der Waals surface area contributed by atoms with Crippen LogP contribution in [0, 0.1) is 0 Å². The van der Waals surface area contributed by atoms with Crippen molar-refractivity contribution in [2.45, 2.75) is 6.42 Å². The molecule has 4 heteroatoms. The summed E-state index contributed by atoms with van der Waals surface area (Å²) in [6, 6.07) is 7.49. The fourth-order valence-corrected chi connectivity index (χ4v) is 1.62. The topological polar surface area (TPSA) is 38.1 Å². The number of likely N-dealkylation sites (N-methyl/N-ethyl adjacent to an activating group) is 1. The fourth-order valence-electron chi connectivity index (χ4n) is 1.43. The van der Waals surface area contributed by atoms with Crippen LogP contribution in [0.15, 0.2) is 34.9 Å². The molecule has 1 heterocycles. The smallest absolute Gasteiger partial charge is 0.226 e. The molecule has 2 rings (SSSR count). The number of hydrogen-bond acceptors (Lipinski definition) is 3. The van der Waals surface area contributed by atoms with Crippen LogP contribution in [0.25, 0.3) is 11.5 Å². The van der Waals surface area contributed by atoms with Crippen LogP contribution in [-0.2, 0) is 6.42 Å². The van der Waals surface area contributed by atoms with Crippen molar-refractivity contribution < 1.29 is 4.42 Å². The first-order valence-electron chi connectivity index (χ1n) is 5.15. The average molecular weight is 237 g/mol. The van der Waals surface area contributed by atoms with Gasteiger partial charge in [-0.1, -0.05) is 17.7 Å². The summed E-state index contributed by atoms with van der Waals surface area (Å²) in [5.41, 5.74) is 0.906. The van der Waals surface area contributed by atoms with Gasteiger partial charge in [0.25, 0.3) is 0 Å². The molecular weight excluding hydrogens is 224 g/mol. The van der Waals surface area contributed by atoms with Crippen LogP contribution in [0.1, 0.15) is 5.76 Å². The van der Waals surface area contributed by atoms with Crippen molar-refractivity contribution in [3.8, 4) is 11.5 Å². The Morgan fingerprint density at radius 1 is 1.44 bits per heavy atom. The van der Waals surface area contributed by atoms with E-state index in [1.807, 2.05) is 31.3 Å². The predicted octanol–water partition coefficient (Wildman–Crippen LogP) is 2.76. The predicted molar refractivity (Wildman–Crippen MR) is 64.6 cm³/mol. The highest BCUT2D eigenvalue weighted by atomic mass is 35.5. The van der Waals surface area contributed by atoms with Gasteiger partial charge in [0.1, 0.15) is 5.76 Å². The van der Waals surface area contributed by atoms with E-state index in [1.54, 1.807) is 6.20 Å². The summed E-state index contributed by atoms with van der Waals surface area (Å²) in [6.45, 7) is 0.879. The summed E-state index contributed by atoms with van der Waals surface area (Å²) in [4.78, 5) is 4.23. The van der Waals surface area contributed by atoms with E-state index in [2.05, 4.69) is 10.3 Å². The van der Waals surface area contributed by atoms with Crippen molar-refractivity contribution in [1.29, 1.82) is 0 Å². The second-order valence-corrected chi connectivity index (χ2v) is 3.93. The standard InChI is InChI=1S/C12H13ClN2O/c1-14-6-5-11-8-15-12(16-11)9-3-2-4-10(13)7-9/h2-4,7-8,14H,5-6H2,1H3. The maximum absolute atomic E-state index is 5.91. The third-order valence-corrected chi connectivity index (χ3v) is 2.48. The van der Waals surface area contributed by atoms with E-state index >= 15 is 0 Å². The molecule has 0 atom stereocenters. The number of nitrogens with zero attached hydrogens (tertiary/aromatic N) is 1. The molecule has 1 aromatic carbocycles. The molecule has 0 saturated heterocycles. The van der Waals surface area contributed by atoms with Gasteiger partial charge in [-0.15, -0.1) is 0 Å². The van der Waals surface area contributed by atoms with Gasteiger partial charge < -0.3 is 9.73 Å². The van der Waals surface area contributed by atoms with E-state index in [0.717, 1.165) is 24.3 Å². The number of benzene rings is 1. The minimum atomic E-state index is 0.619. The Morgan fingerprint density at radius 2 is 2.31 bits per heavy atom. The van der Waals surface area contributed by atoms with Gasteiger partial charge in [0.15, 0.2) is 0 Å². The van der Waals surface area contributed by atoms with Gasteiger partial charge in [-0.25, -0.2) is 4.98 Å². The molecule has 1 N–H and O–H groups in total. The number of hydrogen-bond donors (Lipinski definition) is 1. The molecule has 0 unspecified atom stereocenters. The number of oxazole rings is 1. The Morgan fingerprint density at radius 3 is 3.06 bits per heavy atom. The van der Waals surface area contributed by atoms with Crippen LogP contribution in [0.5, 0.6) is 0 Å². The first kappa shape index (κ1) is 11.2. The van der Waals surface area contributed by atoms with E-state index in [4.69, 9.17) is 16.0 Å². The monoisotopic (exact) mass is 236 g/mol. The molecule has 84 valence electrons. The SMILES string of the molecule is CNCCc1cnc(-c2cccc(Cl)c2)o1. The number of halogens is 1. The van der Waals surface area contributed by atoms with Gasteiger partial charge >= 0.3 is 0 Å². The maximum atomic E-state index is 5.91. The van der Waals surface area contributed by atoms with Crippen molar-refractivity contribution in [2.75, 3.05) is 13.6 Å². The Hall–Kier alpha value is -1.32. The third kappa shape index (κ3) is 2.62. The van der Waals surface area contributed by atoms with Gasteiger partial charge in [0, 0.05) is 23.6 Å². The minimum absolute atomic E-state index is 0.619. The summed E-state index contributed by atoms with van der Waals surface area (Å²) in [5.74, 6) is 1.50. The molecule has 16 heavy (non-hydrogen) atoms. The van der Waals surface area contributed by atoms with Crippen LogP contribution >= 0.6 is 11.6 Å². The highest BCUT2D eigenvalue weighted by Crippen LogP contribution is 2.22. The van der Waals surface area contributed by atoms with E-state index < -0.39 is 0 Å². The van der Waals surface area contributed by atoms with Gasteiger partial charge in [0.05, 0.1) is 6.20 Å². The second-order valence-electron chi connectivity index (χ2n) is 3.50. The van der Waals surface area contributed by atoms with Crippen molar-refractivity contribution in [3.63, 3.8) is 0 Å². The van der Waals surface area contributed by atoms with E-state index in [1.165, 1.54) is 0 Å². The van der Waals surface area contributed by atoms with Gasteiger partial charge in [-0.05, 0) is 25.2 Å². The molecule has 0 spiro atoms. The molecule has 0 amide bonds. The van der Waals surface area contributed by atoms with E-state index in [0.29, 0.717) is 10.9 Å². The Labute approximate surface area is 99.5 Å². The Balaban J connectivity index is 2.18. The van der Waals surface area contributed by atoms with Crippen LogP contribution in [-0.4, -0.2) is 18.6 Å². The maximum Gasteiger partial charge on any atom is 0.226 e. The lowest BCUT2D eigenvalue weighted by atomic mass is 10.2. The molecule has 0 saturated carbocycles. The number of aromatic nitrogens is 1. The van der Waals surface area contributed by atoms with Crippen LogP contribution in [0.4, 0.5) is 0 Å². The Bertz CT molecular complexity index is 468. The molecule has 0 radical (unpaired) electrons. The summed E-state index contributed by atoms with van der Waals surface area (Å²) >= 11 is 5.91. The molecule has 0 bridgehead atoms. The van der Waals surface area contributed by atoms with Crippen molar-refractivity contribution in [1.82, 2.24) is 10.3 Å². The molecule has 0 fully saturated rings.